The monoisotopic (exact) mass is 287 g/mol. The molecule has 2 rings (SSSR count). The van der Waals surface area contributed by atoms with Gasteiger partial charge in [0.05, 0.1) is 20.6 Å². The maximum Gasteiger partial charge on any atom is 0.310 e. The van der Waals surface area contributed by atoms with Crippen molar-refractivity contribution in [3.63, 3.8) is 0 Å². The highest BCUT2D eigenvalue weighted by molar-refractivity contribution is 5.72. The molecule has 0 saturated heterocycles. The lowest BCUT2D eigenvalue weighted by atomic mass is 10.2. The van der Waals surface area contributed by atoms with E-state index in [1.165, 1.54) is 0 Å². The summed E-state index contributed by atoms with van der Waals surface area (Å²) in [4.78, 5) is 15.8. The fourth-order valence-electron chi connectivity index (χ4n) is 1.87. The van der Waals surface area contributed by atoms with E-state index >= 15 is 0 Å². The molecule has 0 fully saturated rings. The van der Waals surface area contributed by atoms with Gasteiger partial charge in [0.2, 0.25) is 0 Å². The molecule has 5 nitrogen and oxygen atoms in total. The van der Waals surface area contributed by atoms with E-state index in [9.17, 15) is 4.79 Å². The molecule has 0 radical (unpaired) electrons. The van der Waals surface area contributed by atoms with Gasteiger partial charge in [0.15, 0.2) is 0 Å². The van der Waals surface area contributed by atoms with Gasteiger partial charge in [-0.25, -0.2) is 0 Å². The Bertz CT molecular complexity index is 598. The van der Waals surface area contributed by atoms with Crippen molar-refractivity contribution in [3.05, 3.63) is 53.9 Å². The van der Waals surface area contributed by atoms with Crippen molar-refractivity contribution in [3.8, 4) is 11.5 Å². The van der Waals surface area contributed by atoms with Crippen LogP contribution in [0.1, 0.15) is 11.1 Å². The molecule has 0 amide bonds. The molecule has 0 aliphatic heterocycles. The van der Waals surface area contributed by atoms with Crippen LogP contribution in [0.5, 0.6) is 11.5 Å². The second-order valence-electron chi connectivity index (χ2n) is 4.38. The quantitative estimate of drug-likeness (QED) is 0.763. The van der Waals surface area contributed by atoms with Crippen molar-refractivity contribution >= 4 is 5.97 Å². The lowest BCUT2D eigenvalue weighted by Gasteiger charge is -2.11. The Morgan fingerprint density at radius 2 is 2.05 bits per heavy atom. The molecular weight excluding hydrogens is 270 g/mol. The molecule has 0 saturated carbocycles. The van der Waals surface area contributed by atoms with Gasteiger partial charge < -0.3 is 14.2 Å². The first kappa shape index (κ1) is 14.8. The standard InChI is InChI=1S/C16H17NO4/c1-19-14-5-6-15(20-2)13(9-14)11-21-16(18)8-12-4-3-7-17-10-12/h3-7,9-10H,8,11H2,1-2H3. The van der Waals surface area contributed by atoms with E-state index in [2.05, 4.69) is 4.98 Å². The van der Waals surface area contributed by atoms with E-state index in [1.54, 1.807) is 50.9 Å². The molecule has 0 bridgehead atoms. The van der Waals surface area contributed by atoms with Gasteiger partial charge in [-0.05, 0) is 29.8 Å². The maximum atomic E-state index is 11.8. The summed E-state index contributed by atoms with van der Waals surface area (Å²) in [5, 5.41) is 0. The molecule has 1 aromatic carbocycles. The van der Waals surface area contributed by atoms with Crippen molar-refractivity contribution in [1.29, 1.82) is 0 Å². The van der Waals surface area contributed by atoms with Crippen molar-refractivity contribution < 1.29 is 19.0 Å². The number of methoxy groups -OCH3 is 2. The van der Waals surface area contributed by atoms with Crippen LogP contribution in [0.4, 0.5) is 0 Å². The van der Waals surface area contributed by atoms with E-state index in [0.717, 1.165) is 11.1 Å². The van der Waals surface area contributed by atoms with Crippen molar-refractivity contribution in [1.82, 2.24) is 4.98 Å². The Morgan fingerprint density at radius 3 is 2.71 bits per heavy atom. The van der Waals surface area contributed by atoms with E-state index in [1.807, 2.05) is 6.07 Å². The number of hydrogen-bond donors (Lipinski definition) is 0. The predicted octanol–water partition coefficient (Wildman–Crippen LogP) is 2.38. The van der Waals surface area contributed by atoms with Gasteiger partial charge in [0, 0.05) is 18.0 Å². The normalized spacial score (nSPS) is 10.0. The zero-order valence-electron chi connectivity index (χ0n) is 12.0. The number of pyridine rings is 1. The lowest BCUT2D eigenvalue weighted by Crippen LogP contribution is -2.08. The average Bonchev–Trinajstić information content (AvgIpc) is 2.53. The second-order valence-corrected chi connectivity index (χ2v) is 4.38. The minimum absolute atomic E-state index is 0.138. The van der Waals surface area contributed by atoms with E-state index in [4.69, 9.17) is 14.2 Å². The first-order valence-corrected chi connectivity index (χ1v) is 6.48. The molecule has 110 valence electrons. The SMILES string of the molecule is COc1ccc(OC)c(COC(=O)Cc2cccnc2)c1. The first-order chi connectivity index (χ1) is 10.2. The predicted molar refractivity (Wildman–Crippen MR) is 77.3 cm³/mol. The Hall–Kier alpha value is -2.56. The second kappa shape index (κ2) is 7.28. The van der Waals surface area contributed by atoms with Crippen LogP contribution in [0.3, 0.4) is 0 Å². The zero-order chi connectivity index (χ0) is 15.1. The largest absolute Gasteiger partial charge is 0.497 e. The van der Waals surface area contributed by atoms with Crippen molar-refractivity contribution in [2.45, 2.75) is 13.0 Å². The third-order valence-electron chi connectivity index (χ3n) is 2.95. The minimum atomic E-state index is -0.312. The summed E-state index contributed by atoms with van der Waals surface area (Å²) in [5.41, 5.74) is 1.58. The van der Waals surface area contributed by atoms with Gasteiger partial charge in [-0.1, -0.05) is 6.07 Å². The molecule has 2 aromatic rings. The number of carbonyl (C=O) groups excluding carboxylic acids is 1. The van der Waals surface area contributed by atoms with Gasteiger partial charge in [-0.15, -0.1) is 0 Å². The fraction of sp³-hybridized carbons (Fsp3) is 0.250. The number of benzene rings is 1. The molecule has 0 unspecified atom stereocenters. The third-order valence-corrected chi connectivity index (χ3v) is 2.95. The highest BCUT2D eigenvalue weighted by Crippen LogP contribution is 2.24. The van der Waals surface area contributed by atoms with Crippen molar-refractivity contribution in [2.75, 3.05) is 14.2 Å². The Balaban J connectivity index is 1.97. The van der Waals surface area contributed by atoms with Crippen LogP contribution < -0.4 is 9.47 Å². The van der Waals surface area contributed by atoms with Gasteiger partial charge >= 0.3 is 5.97 Å². The number of hydrogen-bond acceptors (Lipinski definition) is 5. The minimum Gasteiger partial charge on any atom is -0.497 e. The topological polar surface area (TPSA) is 57.7 Å². The van der Waals surface area contributed by atoms with E-state index in [0.29, 0.717) is 11.5 Å². The lowest BCUT2D eigenvalue weighted by molar-refractivity contribution is -0.144. The summed E-state index contributed by atoms with van der Waals surface area (Å²) in [6, 6.07) is 8.98. The van der Waals surface area contributed by atoms with Crippen LogP contribution >= 0.6 is 0 Å². The smallest absolute Gasteiger partial charge is 0.310 e. The molecule has 1 aromatic heterocycles. The molecule has 5 heteroatoms. The summed E-state index contributed by atoms with van der Waals surface area (Å²) in [7, 11) is 3.16. The summed E-state index contributed by atoms with van der Waals surface area (Å²) in [6.45, 7) is 0.138. The number of ether oxygens (including phenoxy) is 3. The van der Waals surface area contributed by atoms with Crippen molar-refractivity contribution in [2.24, 2.45) is 0 Å². The van der Waals surface area contributed by atoms with Crippen LogP contribution in [0.25, 0.3) is 0 Å². The Morgan fingerprint density at radius 1 is 1.19 bits per heavy atom. The van der Waals surface area contributed by atoms with Crippen LogP contribution in [-0.4, -0.2) is 25.2 Å². The number of rotatable bonds is 6. The average molecular weight is 287 g/mol. The maximum absolute atomic E-state index is 11.8. The number of esters is 1. The molecule has 0 atom stereocenters. The Labute approximate surface area is 123 Å². The first-order valence-electron chi connectivity index (χ1n) is 6.48. The van der Waals surface area contributed by atoms with Gasteiger partial charge in [0.25, 0.3) is 0 Å². The molecule has 0 aliphatic rings. The molecule has 21 heavy (non-hydrogen) atoms. The number of nitrogens with zero attached hydrogens (tertiary/aromatic N) is 1. The molecule has 1 heterocycles. The van der Waals surface area contributed by atoms with Crippen LogP contribution in [-0.2, 0) is 22.6 Å². The Kier molecular flexibility index (Phi) is 5.15. The van der Waals surface area contributed by atoms with Gasteiger partial charge in [-0.2, -0.15) is 0 Å². The van der Waals surface area contributed by atoms with Gasteiger partial charge in [0.1, 0.15) is 18.1 Å². The zero-order valence-corrected chi connectivity index (χ0v) is 12.0. The fourth-order valence-corrected chi connectivity index (χ4v) is 1.87. The third kappa shape index (κ3) is 4.21. The molecular formula is C16H17NO4. The summed E-state index contributed by atoms with van der Waals surface area (Å²) in [6.07, 6.45) is 3.50. The highest BCUT2D eigenvalue weighted by atomic mass is 16.5. The summed E-state index contributed by atoms with van der Waals surface area (Å²) >= 11 is 0. The van der Waals surface area contributed by atoms with Crippen LogP contribution in [0.15, 0.2) is 42.7 Å². The molecule has 0 spiro atoms. The van der Waals surface area contributed by atoms with E-state index in [-0.39, 0.29) is 19.0 Å². The summed E-state index contributed by atoms with van der Waals surface area (Å²) < 4.78 is 15.7. The van der Waals surface area contributed by atoms with E-state index < -0.39 is 0 Å². The molecule has 0 aliphatic carbocycles. The summed E-state index contributed by atoms with van der Waals surface area (Å²) in [5.74, 6) is 1.03. The highest BCUT2D eigenvalue weighted by Gasteiger charge is 2.09. The van der Waals surface area contributed by atoms with Crippen LogP contribution in [0.2, 0.25) is 0 Å². The molecule has 0 N–H and O–H groups in total. The number of carbonyl (C=O) groups is 1. The van der Waals surface area contributed by atoms with Crippen LogP contribution in [0, 0.1) is 0 Å². The van der Waals surface area contributed by atoms with Gasteiger partial charge in [-0.3, -0.25) is 9.78 Å². The number of aromatic nitrogens is 1.